The van der Waals surface area contributed by atoms with Gasteiger partial charge in [0.15, 0.2) is 12.4 Å². The highest BCUT2D eigenvalue weighted by Gasteiger charge is 2.10. The molecule has 0 aliphatic carbocycles. The van der Waals surface area contributed by atoms with E-state index in [1.54, 1.807) is 19.1 Å². The van der Waals surface area contributed by atoms with E-state index in [9.17, 15) is 9.59 Å². The van der Waals surface area contributed by atoms with Crippen molar-refractivity contribution in [3.05, 3.63) is 36.3 Å². The molecule has 8 nitrogen and oxygen atoms in total. The zero-order chi connectivity index (χ0) is 14.4. The van der Waals surface area contributed by atoms with E-state index >= 15 is 0 Å². The molecule has 20 heavy (non-hydrogen) atoms. The third kappa shape index (κ3) is 3.61. The van der Waals surface area contributed by atoms with Gasteiger partial charge in [-0.25, -0.2) is 4.79 Å². The van der Waals surface area contributed by atoms with Crippen LogP contribution in [0.25, 0.3) is 0 Å². The monoisotopic (exact) mass is 275 g/mol. The van der Waals surface area contributed by atoms with Gasteiger partial charge in [-0.2, -0.15) is 9.90 Å². The summed E-state index contributed by atoms with van der Waals surface area (Å²) in [5.74, 6) is -0.498. The second-order valence-electron chi connectivity index (χ2n) is 3.76. The molecule has 0 radical (unpaired) electrons. The number of esters is 1. The molecule has 0 saturated heterocycles. The van der Waals surface area contributed by atoms with Gasteiger partial charge in [0, 0.05) is 18.0 Å². The number of anilines is 1. The number of rotatable bonds is 5. The third-order valence-electron chi connectivity index (χ3n) is 2.30. The molecule has 0 saturated carbocycles. The van der Waals surface area contributed by atoms with Crippen LogP contribution in [0.5, 0.6) is 0 Å². The van der Waals surface area contributed by atoms with Crippen molar-refractivity contribution in [3.8, 4) is 0 Å². The lowest BCUT2D eigenvalue weighted by Gasteiger charge is -2.01. The molecule has 0 fully saturated rings. The molecule has 0 atom stereocenters. The Morgan fingerprint density at radius 1 is 1.35 bits per heavy atom. The first-order chi connectivity index (χ1) is 9.69. The first kappa shape index (κ1) is 13.7. The predicted octanol–water partition coefficient (Wildman–Crippen LogP) is 0.488. The van der Waals surface area contributed by atoms with Gasteiger partial charge >= 0.3 is 5.97 Å². The molecule has 0 aromatic carbocycles. The molecule has 104 valence electrons. The molecule has 1 N–H and O–H groups in total. The molecule has 2 aromatic rings. The van der Waals surface area contributed by atoms with Crippen molar-refractivity contribution >= 4 is 17.7 Å². The van der Waals surface area contributed by atoms with Gasteiger partial charge in [-0.05, 0) is 19.1 Å². The van der Waals surface area contributed by atoms with Crippen LogP contribution in [-0.4, -0.2) is 38.5 Å². The highest BCUT2D eigenvalue weighted by Crippen LogP contribution is 2.04. The normalized spacial score (nSPS) is 10.1. The Kier molecular flexibility index (Phi) is 4.38. The van der Waals surface area contributed by atoms with Crippen molar-refractivity contribution in [3.63, 3.8) is 0 Å². The van der Waals surface area contributed by atoms with Gasteiger partial charge in [-0.3, -0.25) is 9.78 Å². The Balaban J connectivity index is 1.96. The minimum Gasteiger partial charge on any atom is -0.465 e. The number of aromatic nitrogens is 4. The zero-order valence-electron chi connectivity index (χ0n) is 10.8. The average Bonchev–Trinajstić information content (AvgIpc) is 2.87. The maximum atomic E-state index is 11.8. The molecular formula is C12H13N5O3. The molecule has 0 spiro atoms. The molecule has 1 amide bonds. The van der Waals surface area contributed by atoms with Gasteiger partial charge < -0.3 is 10.1 Å². The van der Waals surface area contributed by atoms with Crippen molar-refractivity contribution in [2.75, 3.05) is 11.9 Å². The average molecular weight is 275 g/mol. The van der Waals surface area contributed by atoms with Gasteiger partial charge in [0.05, 0.1) is 12.8 Å². The maximum absolute atomic E-state index is 11.8. The summed E-state index contributed by atoms with van der Waals surface area (Å²) in [6.07, 6.45) is 4.40. The van der Waals surface area contributed by atoms with Gasteiger partial charge in [0.2, 0.25) is 0 Å². The fourth-order valence-electron chi connectivity index (χ4n) is 1.44. The SMILES string of the molecule is CCOC(=O)Cn1ncc(NC(=O)c2ccncc2)n1. The highest BCUT2D eigenvalue weighted by molar-refractivity contribution is 6.03. The summed E-state index contributed by atoms with van der Waals surface area (Å²) in [6, 6.07) is 3.16. The van der Waals surface area contributed by atoms with E-state index in [1.165, 1.54) is 18.6 Å². The van der Waals surface area contributed by atoms with Crippen molar-refractivity contribution in [1.29, 1.82) is 0 Å². The summed E-state index contributed by atoms with van der Waals surface area (Å²) < 4.78 is 4.77. The fourth-order valence-corrected chi connectivity index (χ4v) is 1.44. The summed E-state index contributed by atoms with van der Waals surface area (Å²) in [7, 11) is 0. The summed E-state index contributed by atoms with van der Waals surface area (Å²) >= 11 is 0. The minimum atomic E-state index is -0.435. The molecule has 2 heterocycles. The second-order valence-corrected chi connectivity index (χ2v) is 3.76. The van der Waals surface area contributed by atoms with Crippen LogP contribution in [0.2, 0.25) is 0 Å². The number of carbonyl (C=O) groups is 2. The molecule has 8 heteroatoms. The number of pyridine rings is 1. The number of carbonyl (C=O) groups excluding carboxylic acids is 2. The Bertz CT molecular complexity index is 596. The molecule has 0 bridgehead atoms. The minimum absolute atomic E-state index is 0.0982. The largest absolute Gasteiger partial charge is 0.465 e. The summed E-state index contributed by atoms with van der Waals surface area (Å²) in [6.45, 7) is 1.92. The smallest absolute Gasteiger partial charge is 0.329 e. The van der Waals surface area contributed by atoms with Gasteiger partial charge in [0.1, 0.15) is 0 Å². The van der Waals surface area contributed by atoms with E-state index in [0.29, 0.717) is 12.2 Å². The van der Waals surface area contributed by atoms with E-state index in [2.05, 4.69) is 20.5 Å². The maximum Gasteiger partial charge on any atom is 0.329 e. The Morgan fingerprint density at radius 3 is 2.80 bits per heavy atom. The summed E-state index contributed by atoms with van der Waals surface area (Å²) in [5, 5.41) is 10.4. The lowest BCUT2D eigenvalue weighted by molar-refractivity contribution is -0.144. The van der Waals surface area contributed by atoms with Crippen LogP contribution in [0.1, 0.15) is 17.3 Å². The van der Waals surface area contributed by atoms with Gasteiger partial charge in [-0.1, -0.05) is 0 Å². The lowest BCUT2D eigenvalue weighted by Crippen LogP contribution is -2.16. The van der Waals surface area contributed by atoms with Crippen molar-refractivity contribution < 1.29 is 14.3 Å². The van der Waals surface area contributed by atoms with E-state index < -0.39 is 5.97 Å². The number of nitrogens with zero attached hydrogens (tertiary/aromatic N) is 4. The van der Waals surface area contributed by atoms with E-state index in [1.807, 2.05) is 0 Å². The topological polar surface area (TPSA) is 99.0 Å². The van der Waals surface area contributed by atoms with E-state index in [4.69, 9.17) is 4.74 Å². The molecular weight excluding hydrogens is 262 g/mol. The van der Waals surface area contributed by atoms with Crippen LogP contribution >= 0.6 is 0 Å². The predicted molar refractivity (Wildman–Crippen MR) is 68.8 cm³/mol. The van der Waals surface area contributed by atoms with Crippen LogP contribution in [0.15, 0.2) is 30.7 Å². The summed E-state index contributed by atoms with van der Waals surface area (Å²) in [4.78, 5) is 28.1. The van der Waals surface area contributed by atoms with Crippen molar-refractivity contribution in [1.82, 2.24) is 20.0 Å². The van der Waals surface area contributed by atoms with Crippen molar-refractivity contribution in [2.24, 2.45) is 0 Å². The quantitative estimate of drug-likeness (QED) is 0.797. The lowest BCUT2D eigenvalue weighted by atomic mass is 10.2. The number of hydrogen-bond acceptors (Lipinski definition) is 6. The Morgan fingerprint density at radius 2 is 2.10 bits per heavy atom. The standard InChI is InChI=1S/C12H13N5O3/c1-2-20-11(18)8-17-14-7-10(16-17)15-12(19)9-3-5-13-6-4-9/h3-7H,2,8H2,1H3,(H,15,16,19). The van der Waals surface area contributed by atoms with Crippen LogP contribution < -0.4 is 5.32 Å². The highest BCUT2D eigenvalue weighted by atomic mass is 16.5. The number of hydrogen-bond donors (Lipinski definition) is 1. The van der Waals surface area contributed by atoms with E-state index in [-0.39, 0.29) is 18.3 Å². The van der Waals surface area contributed by atoms with Crippen LogP contribution in [0.4, 0.5) is 5.82 Å². The van der Waals surface area contributed by atoms with Crippen LogP contribution in [-0.2, 0) is 16.1 Å². The number of nitrogens with one attached hydrogen (secondary N) is 1. The summed E-state index contributed by atoms with van der Waals surface area (Å²) in [5.41, 5.74) is 0.458. The third-order valence-corrected chi connectivity index (χ3v) is 2.30. The van der Waals surface area contributed by atoms with Crippen LogP contribution in [0, 0.1) is 0 Å². The second kappa shape index (κ2) is 6.41. The number of amides is 1. The first-order valence-electron chi connectivity index (χ1n) is 5.96. The Labute approximate surface area is 114 Å². The number of ether oxygens (including phenoxy) is 1. The first-order valence-corrected chi connectivity index (χ1v) is 5.96. The van der Waals surface area contributed by atoms with Crippen molar-refractivity contribution in [2.45, 2.75) is 13.5 Å². The molecule has 2 rings (SSSR count). The van der Waals surface area contributed by atoms with E-state index in [0.717, 1.165) is 4.80 Å². The van der Waals surface area contributed by atoms with Gasteiger partial charge in [0.25, 0.3) is 5.91 Å². The zero-order valence-corrected chi connectivity index (χ0v) is 10.8. The molecule has 0 aliphatic heterocycles. The fraction of sp³-hybridized carbons (Fsp3) is 0.250. The molecule has 0 unspecified atom stereocenters. The van der Waals surface area contributed by atoms with Gasteiger partial charge in [-0.15, -0.1) is 5.10 Å². The molecule has 2 aromatic heterocycles. The Hall–Kier alpha value is -2.77. The van der Waals surface area contributed by atoms with Crippen LogP contribution in [0.3, 0.4) is 0 Å². The molecule has 0 aliphatic rings.